The number of hydrogen-bond acceptors (Lipinski definition) is 5. The van der Waals surface area contributed by atoms with Crippen LogP contribution < -0.4 is 14.8 Å². The fourth-order valence-electron chi connectivity index (χ4n) is 2.17. The first kappa shape index (κ1) is 14.4. The van der Waals surface area contributed by atoms with Crippen LogP contribution in [0.4, 0.5) is 0 Å². The third-order valence-electron chi connectivity index (χ3n) is 3.23. The average molecular weight is 303 g/mol. The van der Waals surface area contributed by atoms with E-state index >= 15 is 0 Å². The second-order valence-electron chi connectivity index (χ2n) is 4.90. The van der Waals surface area contributed by atoms with Crippen molar-refractivity contribution >= 4 is 5.91 Å². The second-order valence-corrected chi connectivity index (χ2v) is 4.90. The van der Waals surface area contributed by atoms with Gasteiger partial charge in [0.05, 0.1) is 24.5 Å². The van der Waals surface area contributed by atoms with Gasteiger partial charge >= 0.3 is 0 Å². The summed E-state index contributed by atoms with van der Waals surface area (Å²) >= 11 is 0. The number of rotatable bonds is 5. The molecule has 2 heterocycles. The van der Waals surface area contributed by atoms with E-state index in [1.807, 2.05) is 24.3 Å². The van der Waals surface area contributed by atoms with Crippen molar-refractivity contribution in [3.63, 3.8) is 0 Å². The van der Waals surface area contributed by atoms with E-state index in [4.69, 9.17) is 14.2 Å². The number of benzene rings is 1. The van der Waals surface area contributed by atoms with Gasteiger partial charge in [-0.05, 0) is 18.2 Å². The number of carbonyl (C=O) groups excluding carboxylic acids is 1. The summed E-state index contributed by atoms with van der Waals surface area (Å²) in [6, 6.07) is 9.13. The number of hydrogen-bond donors (Lipinski definition) is 2. The summed E-state index contributed by atoms with van der Waals surface area (Å²) in [6.07, 6.45) is -0.656. The Balaban J connectivity index is 1.54. The summed E-state index contributed by atoms with van der Waals surface area (Å²) in [5.74, 6) is 1.01. The van der Waals surface area contributed by atoms with Gasteiger partial charge in [-0.3, -0.25) is 9.89 Å². The molecule has 0 aliphatic carbocycles. The van der Waals surface area contributed by atoms with Crippen molar-refractivity contribution in [2.24, 2.45) is 0 Å². The molecule has 7 nitrogen and oxygen atoms in total. The van der Waals surface area contributed by atoms with Gasteiger partial charge in [0, 0.05) is 7.11 Å². The fraction of sp³-hybridized carbons (Fsp3) is 0.333. The van der Waals surface area contributed by atoms with Crippen molar-refractivity contribution in [1.29, 1.82) is 0 Å². The highest BCUT2D eigenvalue weighted by molar-refractivity contribution is 5.81. The van der Waals surface area contributed by atoms with Crippen LogP contribution in [0.15, 0.2) is 30.3 Å². The van der Waals surface area contributed by atoms with Gasteiger partial charge in [-0.15, -0.1) is 0 Å². The van der Waals surface area contributed by atoms with Gasteiger partial charge in [-0.25, -0.2) is 0 Å². The van der Waals surface area contributed by atoms with Crippen LogP contribution in [0, 0.1) is 0 Å². The predicted molar refractivity (Wildman–Crippen MR) is 77.5 cm³/mol. The minimum atomic E-state index is -0.656. The molecule has 1 amide bonds. The Kier molecular flexibility index (Phi) is 4.24. The number of nitrogens with one attached hydrogen (secondary N) is 2. The molecule has 2 N–H and O–H groups in total. The largest absolute Gasteiger partial charge is 0.485 e. The van der Waals surface area contributed by atoms with Crippen LogP contribution in [0.1, 0.15) is 11.4 Å². The van der Waals surface area contributed by atoms with Gasteiger partial charge in [0.15, 0.2) is 11.5 Å². The average Bonchev–Trinajstić information content (AvgIpc) is 3.00. The van der Waals surface area contributed by atoms with Gasteiger partial charge in [-0.1, -0.05) is 12.1 Å². The molecule has 1 aromatic heterocycles. The maximum absolute atomic E-state index is 12.1. The quantitative estimate of drug-likeness (QED) is 0.861. The van der Waals surface area contributed by atoms with Crippen molar-refractivity contribution in [3.05, 3.63) is 41.7 Å². The molecule has 0 saturated carbocycles. The standard InChI is InChI=1S/C15H17N3O4/c1-20-8-11-6-10(17-18-11)7-16-15(19)14-9-21-12-4-2-3-5-13(12)22-14/h2-6,14H,7-9H2,1H3,(H,16,19)(H,17,18). The molecular weight excluding hydrogens is 286 g/mol. The molecule has 1 aliphatic heterocycles. The van der Waals surface area contributed by atoms with Crippen LogP contribution in [-0.4, -0.2) is 35.9 Å². The normalized spacial score (nSPS) is 16.3. The number of nitrogens with zero attached hydrogens (tertiary/aromatic N) is 1. The summed E-state index contributed by atoms with van der Waals surface area (Å²) in [6.45, 7) is 0.971. The van der Waals surface area contributed by atoms with E-state index < -0.39 is 6.10 Å². The Morgan fingerprint density at radius 2 is 2.27 bits per heavy atom. The smallest absolute Gasteiger partial charge is 0.265 e. The minimum Gasteiger partial charge on any atom is -0.485 e. The van der Waals surface area contributed by atoms with E-state index in [2.05, 4.69) is 15.5 Å². The number of fused-ring (bicyclic) bond motifs is 1. The van der Waals surface area contributed by atoms with Crippen molar-refractivity contribution in [2.45, 2.75) is 19.3 Å². The zero-order chi connectivity index (χ0) is 15.4. The zero-order valence-corrected chi connectivity index (χ0v) is 12.2. The highest BCUT2D eigenvalue weighted by Gasteiger charge is 2.27. The molecule has 116 valence electrons. The van der Waals surface area contributed by atoms with Crippen molar-refractivity contribution in [3.8, 4) is 11.5 Å². The van der Waals surface area contributed by atoms with E-state index in [1.165, 1.54) is 0 Å². The first-order valence-electron chi connectivity index (χ1n) is 6.94. The Morgan fingerprint density at radius 3 is 3.09 bits per heavy atom. The summed E-state index contributed by atoms with van der Waals surface area (Å²) in [5.41, 5.74) is 1.59. The summed E-state index contributed by atoms with van der Waals surface area (Å²) in [4.78, 5) is 12.1. The van der Waals surface area contributed by atoms with Crippen LogP contribution in [0.5, 0.6) is 11.5 Å². The third-order valence-corrected chi connectivity index (χ3v) is 3.23. The SMILES string of the molecule is COCc1cc(CNC(=O)C2COc3ccccc3O2)[nH]n1. The molecule has 2 aromatic rings. The lowest BCUT2D eigenvalue weighted by atomic mass is 10.2. The van der Waals surface area contributed by atoms with Crippen molar-refractivity contribution in [1.82, 2.24) is 15.5 Å². The van der Waals surface area contributed by atoms with Gasteiger partial charge in [0.25, 0.3) is 5.91 Å². The third kappa shape index (κ3) is 3.20. The highest BCUT2D eigenvalue weighted by atomic mass is 16.6. The van der Waals surface area contributed by atoms with Gasteiger partial charge in [0.2, 0.25) is 6.10 Å². The molecule has 1 atom stereocenters. The molecule has 1 aromatic carbocycles. The first-order valence-corrected chi connectivity index (χ1v) is 6.94. The summed E-state index contributed by atoms with van der Waals surface area (Å²) in [7, 11) is 1.61. The van der Waals surface area contributed by atoms with Crippen LogP contribution in [0.2, 0.25) is 0 Å². The number of carbonyl (C=O) groups is 1. The Morgan fingerprint density at radius 1 is 1.45 bits per heavy atom. The van der Waals surface area contributed by atoms with E-state index in [0.717, 1.165) is 11.4 Å². The topological polar surface area (TPSA) is 85.5 Å². The summed E-state index contributed by atoms with van der Waals surface area (Å²) in [5, 5.41) is 9.72. The van der Waals surface area contributed by atoms with Crippen LogP contribution >= 0.6 is 0 Å². The lowest BCUT2D eigenvalue weighted by Gasteiger charge is -2.25. The Bertz CT molecular complexity index is 656. The zero-order valence-electron chi connectivity index (χ0n) is 12.2. The minimum absolute atomic E-state index is 0.195. The molecule has 3 rings (SSSR count). The number of ether oxygens (including phenoxy) is 3. The van der Waals surface area contributed by atoms with Crippen LogP contribution in [0.25, 0.3) is 0 Å². The molecular formula is C15H17N3O4. The maximum atomic E-state index is 12.1. The van der Waals surface area contributed by atoms with E-state index in [9.17, 15) is 4.79 Å². The lowest BCUT2D eigenvalue weighted by Crippen LogP contribution is -2.43. The molecule has 0 radical (unpaired) electrons. The predicted octanol–water partition coefficient (Wildman–Crippen LogP) is 1.01. The number of aromatic amines is 1. The maximum Gasteiger partial charge on any atom is 0.265 e. The van der Waals surface area contributed by atoms with Crippen molar-refractivity contribution < 1.29 is 19.0 Å². The number of methoxy groups -OCH3 is 1. The monoisotopic (exact) mass is 303 g/mol. The summed E-state index contributed by atoms with van der Waals surface area (Å²) < 4.78 is 16.2. The lowest BCUT2D eigenvalue weighted by molar-refractivity contribution is -0.130. The Hall–Kier alpha value is -2.54. The highest BCUT2D eigenvalue weighted by Crippen LogP contribution is 2.30. The van der Waals surface area contributed by atoms with Gasteiger partial charge in [-0.2, -0.15) is 5.10 Å². The van der Waals surface area contributed by atoms with Gasteiger partial charge in [0.1, 0.15) is 6.61 Å². The fourth-order valence-corrected chi connectivity index (χ4v) is 2.17. The molecule has 1 aliphatic rings. The molecule has 0 fully saturated rings. The molecule has 22 heavy (non-hydrogen) atoms. The van der Waals surface area contributed by atoms with E-state index in [0.29, 0.717) is 24.7 Å². The number of H-pyrrole nitrogens is 1. The van der Waals surface area contributed by atoms with Crippen LogP contribution in [-0.2, 0) is 22.7 Å². The molecule has 0 saturated heterocycles. The molecule has 0 bridgehead atoms. The second kappa shape index (κ2) is 6.48. The van der Waals surface area contributed by atoms with Crippen LogP contribution in [0.3, 0.4) is 0 Å². The molecule has 0 spiro atoms. The molecule has 7 heteroatoms. The van der Waals surface area contributed by atoms with E-state index in [-0.39, 0.29) is 12.5 Å². The molecule has 1 unspecified atom stereocenters. The number of amides is 1. The number of aromatic nitrogens is 2. The number of para-hydroxylation sites is 2. The van der Waals surface area contributed by atoms with E-state index in [1.54, 1.807) is 13.2 Å². The first-order chi connectivity index (χ1) is 10.8. The Labute approximate surface area is 127 Å². The van der Waals surface area contributed by atoms with Gasteiger partial charge < -0.3 is 19.5 Å². The van der Waals surface area contributed by atoms with Crippen molar-refractivity contribution in [2.75, 3.05) is 13.7 Å².